The van der Waals surface area contributed by atoms with E-state index in [1.165, 1.54) is 11.3 Å². The second-order valence-corrected chi connectivity index (χ2v) is 11.0. The minimum Gasteiger partial charge on any atom is -0.394 e. The topological polar surface area (TPSA) is 121 Å². The monoisotopic (exact) mass is 562 g/mol. The highest BCUT2D eigenvalue weighted by molar-refractivity contribution is 7.08. The van der Waals surface area contributed by atoms with Crippen molar-refractivity contribution < 1.29 is 19.4 Å². The number of fused-ring (bicyclic) bond motifs is 1. The van der Waals surface area contributed by atoms with Gasteiger partial charge in [-0.2, -0.15) is 11.3 Å². The van der Waals surface area contributed by atoms with Gasteiger partial charge in [0.2, 0.25) is 0 Å². The highest BCUT2D eigenvalue weighted by Gasteiger charge is 2.26. The molecule has 1 saturated heterocycles. The van der Waals surface area contributed by atoms with Crippen molar-refractivity contribution in [3.63, 3.8) is 0 Å². The number of rotatable bonds is 10. The molecule has 40 heavy (non-hydrogen) atoms. The summed E-state index contributed by atoms with van der Waals surface area (Å²) < 4.78 is 7.06. The molecule has 1 aliphatic rings. The summed E-state index contributed by atoms with van der Waals surface area (Å²) in [6.45, 7) is 7.22. The average molecular weight is 563 g/mol. The Morgan fingerprint density at radius 3 is 2.65 bits per heavy atom. The number of carbonyl (C=O) groups excluding carboxylic acids is 2. The number of imidazole rings is 1. The minimum atomic E-state index is -0.386. The lowest BCUT2D eigenvalue weighted by atomic mass is 10.0. The van der Waals surface area contributed by atoms with Gasteiger partial charge in [-0.25, -0.2) is 9.97 Å². The number of carbonyl (C=O) groups is 2. The van der Waals surface area contributed by atoms with Crippen LogP contribution in [-0.4, -0.2) is 70.2 Å². The molecule has 0 aliphatic carbocycles. The Morgan fingerprint density at radius 2 is 1.98 bits per heavy atom. The number of aliphatic hydroxyl groups is 1. The van der Waals surface area contributed by atoms with Crippen LogP contribution in [0.1, 0.15) is 46.7 Å². The fourth-order valence-electron chi connectivity index (χ4n) is 4.84. The Bertz CT molecular complexity index is 1450. The number of pyridine rings is 2. The van der Waals surface area contributed by atoms with Gasteiger partial charge < -0.3 is 25.4 Å². The van der Waals surface area contributed by atoms with Crippen molar-refractivity contribution in [3.8, 4) is 11.3 Å². The molecule has 4 aromatic heterocycles. The predicted molar refractivity (Wildman–Crippen MR) is 155 cm³/mol. The number of nitrogens with one attached hydrogen (secondary N) is 2. The van der Waals surface area contributed by atoms with Crippen molar-refractivity contribution in [1.29, 1.82) is 0 Å². The Kier molecular flexibility index (Phi) is 8.73. The van der Waals surface area contributed by atoms with Crippen LogP contribution in [0.5, 0.6) is 0 Å². The van der Waals surface area contributed by atoms with Crippen molar-refractivity contribution in [2.24, 2.45) is 5.92 Å². The Labute approximate surface area is 237 Å². The molecule has 1 atom stereocenters. The van der Waals surface area contributed by atoms with Crippen molar-refractivity contribution in [2.45, 2.75) is 32.9 Å². The normalized spacial score (nSPS) is 14.4. The van der Waals surface area contributed by atoms with Gasteiger partial charge in [-0.15, -0.1) is 0 Å². The van der Waals surface area contributed by atoms with Crippen LogP contribution in [0.2, 0.25) is 0 Å². The van der Waals surface area contributed by atoms with Crippen LogP contribution in [0.25, 0.3) is 16.9 Å². The number of amides is 2. The summed E-state index contributed by atoms with van der Waals surface area (Å²) in [6, 6.07) is 8.86. The lowest BCUT2D eigenvalue weighted by Crippen LogP contribution is -2.39. The van der Waals surface area contributed by atoms with E-state index in [2.05, 4.69) is 20.5 Å². The van der Waals surface area contributed by atoms with Crippen molar-refractivity contribution >= 4 is 34.6 Å². The van der Waals surface area contributed by atoms with Gasteiger partial charge in [0.05, 0.1) is 31.4 Å². The summed E-state index contributed by atoms with van der Waals surface area (Å²) in [4.78, 5) is 38.4. The second kappa shape index (κ2) is 12.6. The maximum atomic E-state index is 13.5. The van der Waals surface area contributed by atoms with Crippen LogP contribution in [0.15, 0.2) is 53.5 Å². The first-order valence-corrected chi connectivity index (χ1v) is 14.4. The number of thiophene rings is 1. The van der Waals surface area contributed by atoms with Crippen LogP contribution in [-0.2, 0) is 11.3 Å². The molecule has 0 spiro atoms. The van der Waals surface area contributed by atoms with Gasteiger partial charge >= 0.3 is 0 Å². The fraction of sp³-hybridized carbons (Fsp3) is 0.379. The maximum absolute atomic E-state index is 13.5. The van der Waals surface area contributed by atoms with E-state index in [1.807, 2.05) is 42.8 Å². The predicted octanol–water partition coefficient (Wildman–Crippen LogP) is 3.36. The molecule has 0 aromatic carbocycles. The first-order valence-electron chi connectivity index (χ1n) is 13.5. The summed E-state index contributed by atoms with van der Waals surface area (Å²) in [5, 5.41) is 19.6. The molecule has 2 amide bonds. The van der Waals surface area contributed by atoms with Gasteiger partial charge in [0.15, 0.2) is 5.65 Å². The van der Waals surface area contributed by atoms with E-state index in [9.17, 15) is 14.7 Å². The number of aliphatic hydroxyl groups excluding tert-OH is 1. The molecule has 0 radical (unpaired) electrons. The van der Waals surface area contributed by atoms with Crippen molar-refractivity contribution in [2.75, 3.05) is 37.8 Å². The number of ether oxygens (including phenoxy) is 1. The van der Waals surface area contributed by atoms with Crippen LogP contribution in [0.4, 0.5) is 5.82 Å². The zero-order valence-corrected chi connectivity index (χ0v) is 23.5. The third-order valence-corrected chi connectivity index (χ3v) is 7.50. The van der Waals surface area contributed by atoms with Crippen molar-refractivity contribution in [1.82, 2.24) is 25.0 Å². The van der Waals surface area contributed by atoms with E-state index in [1.54, 1.807) is 28.9 Å². The number of hydrogen-bond donors (Lipinski definition) is 3. The zero-order valence-electron chi connectivity index (χ0n) is 22.7. The molecular weight excluding hydrogens is 528 g/mol. The Morgan fingerprint density at radius 1 is 1.15 bits per heavy atom. The molecule has 11 heteroatoms. The van der Waals surface area contributed by atoms with Gasteiger partial charge in [0.25, 0.3) is 11.8 Å². The third-order valence-electron chi connectivity index (χ3n) is 6.81. The third kappa shape index (κ3) is 6.16. The highest BCUT2D eigenvalue weighted by Crippen LogP contribution is 2.28. The molecule has 0 saturated carbocycles. The molecule has 0 unspecified atom stereocenters. The van der Waals surface area contributed by atoms with E-state index >= 15 is 0 Å². The molecule has 1 fully saturated rings. The van der Waals surface area contributed by atoms with Crippen LogP contribution < -0.4 is 15.5 Å². The van der Waals surface area contributed by atoms with Gasteiger partial charge in [-0.3, -0.25) is 14.0 Å². The summed E-state index contributed by atoms with van der Waals surface area (Å²) in [7, 11) is 0. The van der Waals surface area contributed by atoms with Gasteiger partial charge in [-0.05, 0) is 47.5 Å². The quantitative estimate of drug-likeness (QED) is 0.271. The zero-order chi connectivity index (χ0) is 28.1. The number of morpholine rings is 1. The Balaban J connectivity index is 1.38. The van der Waals surface area contributed by atoms with Gasteiger partial charge in [-0.1, -0.05) is 19.9 Å². The van der Waals surface area contributed by atoms with E-state index < -0.39 is 0 Å². The largest absolute Gasteiger partial charge is 0.394 e. The maximum Gasteiger partial charge on any atom is 0.270 e. The lowest BCUT2D eigenvalue weighted by molar-refractivity contribution is 0.0901. The Hall–Kier alpha value is -3.80. The first kappa shape index (κ1) is 27.8. The van der Waals surface area contributed by atoms with E-state index in [-0.39, 0.29) is 24.5 Å². The average Bonchev–Trinajstić information content (AvgIpc) is 3.64. The SMILES string of the molecule is CC(C)C[C@@H](CO)NC(=O)c1c(-c2ccsc2)nc2c(C(=O)NCc3ccc(N4CCOCC4)nc3)cccn12. The molecule has 4 aromatic rings. The van der Waals surface area contributed by atoms with Crippen molar-refractivity contribution in [3.05, 3.63) is 70.3 Å². The second-order valence-electron chi connectivity index (χ2n) is 10.2. The standard InChI is InChI=1S/C29H34N6O4S/c1-19(2)14-22(17-36)32-29(38)26-25(21-7-13-40-18-21)33-27-23(4-3-8-35(26)27)28(37)31-16-20-5-6-24(30-15-20)34-9-11-39-12-10-34/h3-8,13,15,18-19,22,36H,9-12,14,16-17H2,1-2H3,(H,31,37)(H,32,38)/t22-/m0/s1. The lowest BCUT2D eigenvalue weighted by Gasteiger charge is -2.27. The molecule has 1 aliphatic heterocycles. The van der Waals surface area contributed by atoms with E-state index in [4.69, 9.17) is 9.72 Å². The molecule has 5 rings (SSSR count). The minimum absolute atomic E-state index is 0.162. The first-order chi connectivity index (χ1) is 19.4. The number of nitrogens with zero attached hydrogens (tertiary/aromatic N) is 4. The summed E-state index contributed by atoms with van der Waals surface area (Å²) in [5.41, 5.74) is 3.23. The summed E-state index contributed by atoms with van der Waals surface area (Å²) in [6.07, 6.45) is 4.14. The summed E-state index contributed by atoms with van der Waals surface area (Å²) in [5.74, 6) is 0.545. The molecule has 3 N–H and O–H groups in total. The van der Waals surface area contributed by atoms with E-state index in [0.717, 1.165) is 30.0 Å². The molecular formula is C29H34N6O4S. The number of hydrogen-bond acceptors (Lipinski definition) is 8. The molecule has 5 heterocycles. The molecule has 0 bridgehead atoms. The number of anilines is 1. The molecule has 10 nitrogen and oxygen atoms in total. The van der Waals surface area contributed by atoms with Crippen LogP contribution >= 0.6 is 11.3 Å². The summed E-state index contributed by atoms with van der Waals surface area (Å²) >= 11 is 1.50. The number of aromatic nitrogens is 3. The van der Waals surface area contributed by atoms with Gasteiger partial charge in [0.1, 0.15) is 17.2 Å². The fourth-order valence-corrected chi connectivity index (χ4v) is 5.48. The smallest absolute Gasteiger partial charge is 0.270 e. The van der Waals surface area contributed by atoms with Gasteiger partial charge in [0, 0.05) is 43.0 Å². The van der Waals surface area contributed by atoms with Crippen LogP contribution in [0, 0.1) is 5.92 Å². The highest BCUT2D eigenvalue weighted by atomic mass is 32.1. The van der Waals surface area contributed by atoms with Crippen LogP contribution in [0.3, 0.4) is 0 Å². The van der Waals surface area contributed by atoms with E-state index in [0.29, 0.717) is 54.7 Å². The molecule has 210 valence electrons.